The van der Waals surface area contributed by atoms with E-state index in [-0.39, 0.29) is 16.2 Å². The molecule has 0 spiro atoms. The van der Waals surface area contributed by atoms with Gasteiger partial charge in [-0.25, -0.2) is 0 Å². The van der Waals surface area contributed by atoms with E-state index in [1.54, 1.807) is 0 Å². The Morgan fingerprint density at radius 1 is 0.350 bits per heavy atom. The van der Waals surface area contributed by atoms with E-state index in [2.05, 4.69) is 270 Å². The fourth-order valence-corrected chi connectivity index (χ4v) is 15.4. The second-order valence-corrected chi connectivity index (χ2v) is 24.4. The van der Waals surface area contributed by atoms with Crippen molar-refractivity contribution in [2.24, 2.45) is 0 Å². The van der Waals surface area contributed by atoms with Crippen LogP contribution in [0.2, 0.25) is 0 Å². The molecule has 3 aromatic heterocycles. The quantitative estimate of drug-likeness (QED) is 0.172. The molecule has 0 saturated carbocycles. The van der Waals surface area contributed by atoms with E-state index < -0.39 is 0 Å². The van der Waals surface area contributed by atoms with Gasteiger partial charge >= 0.3 is 0 Å². The van der Waals surface area contributed by atoms with E-state index in [4.69, 9.17) is 8.83 Å². The van der Waals surface area contributed by atoms with Gasteiger partial charge < -0.3 is 18.3 Å². The molecule has 17 rings (SSSR count). The molecule has 0 unspecified atom stereocenters. The third kappa shape index (κ3) is 5.80. The highest BCUT2D eigenvalue weighted by Gasteiger charge is 2.49. The van der Waals surface area contributed by atoms with Crippen LogP contribution in [-0.4, -0.2) is 4.57 Å². The molecule has 14 aromatic rings. The first-order valence-electron chi connectivity index (χ1n) is 28.2. The number of rotatable bonds is 5. The molecule has 0 fully saturated rings. The van der Waals surface area contributed by atoms with Crippen molar-refractivity contribution in [3.8, 4) is 50.2 Å². The molecule has 80 heavy (non-hydrogen) atoms. The zero-order valence-corrected chi connectivity index (χ0v) is 45.9. The summed E-state index contributed by atoms with van der Waals surface area (Å²) in [5.74, 6) is 0. The second kappa shape index (κ2) is 15.7. The first-order valence-corrected chi connectivity index (χ1v) is 28.2. The summed E-state index contributed by atoms with van der Waals surface area (Å²) in [4.78, 5) is 2.52. The maximum Gasteiger partial charge on any atom is 0.144 e. The minimum atomic E-state index is -0.387. The smallest absolute Gasteiger partial charge is 0.144 e. The largest absolute Gasteiger partial charge is 0.455 e. The van der Waals surface area contributed by atoms with Gasteiger partial charge in [0.25, 0.3) is 0 Å². The number of hydrogen-bond acceptors (Lipinski definition) is 3. The van der Waals surface area contributed by atoms with E-state index in [1.807, 2.05) is 0 Å². The molecule has 0 atom stereocenters. The highest BCUT2D eigenvalue weighted by molar-refractivity contribution is 6.22. The van der Waals surface area contributed by atoms with Gasteiger partial charge in [-0.3, -0.25) is 0 Å². The second-order valence-electron chi connectivity index (χ2n) is 24.4. The number of para-hydroxylation sites is 4. The Morgan fingerprint density at radius 3 is 1.59 bits per heavy atom. The first kappa shape index (κ1) is 45.6. The Bertz CT molecular complexity index is 5050. The van der Waals surface area contributed by atoms with Gasteiger partial charge in [0.1, 0.15) is 22.3 Å². The molecule has 0 aliphatic heterocycles. The number of aromatic nitrogens is 1. The van der Waals surface area contributed by atoms with Crippen LogP contribution in [-0.2, 0) is 16.2 Å². The molecule has 382 valence electrons. The van der Waals surface area contributed by atoms with Crippen LogP contribution in [0.3, 0.4) is 0 Å². The molecule has 0 bridgehead atoms. The zero-order valence-electron chi connectivity index (χ0n) is 45.9. The molecular weight excluding hydrogens is 973 g/mol. The Labute approximate surface area is 464 Å². The number of benzene rings is 11. The van der Waals surface area contributed by atoms with Crippen LogP contribution >= 0.6 is 0 Å². The van der Waals surface area contributed by atoms with Crippen LogP contribution < -0.4 is 4.90 Å². The van der Waals surface area contributed by atoms with Gasteiger partial charge in [0.2, 0.25) is 0 Å². The summed E-state index contributed by atoms with van der Waals surface area (Å²) in [5, 5.41) is 7.17. The monoisotopic (exact) mass is 1030 g/mol. The van der Waals surface area contributed by atoms with Crippen molar-refractivity contribution in [2.45, 2.75) is 64.7 Å². The van der Waals surface area contributed by atoms with Crippen LogP contribution in [0.4, 0.5) is 17.1 Å². The predicted octanol–water partition coefficient (Wildman–Crippen LogP) is 20.9. The summed E-state index contributed by atoms with van der Waals surface area (Å²) in [6, 6.07) is 78.7. The lowest BCUT2D eigenvalue weighted by molar-refractivity contribution is 0.600. The van der Waals surface area contributed by atoms with Crippen LogP contribution in [0.1, 0.15) is 80.5 Å². The molecule has 4 nitrogen and oxygen atoms in total. The maximum absolute atomic E-state index is 7.14. The van der Waals surface area contributed by atoms with Crippen molar-refractivity contribution >= 4 is 82.7 Å². The summed E-state index contributed by atoms with van der Waals surface area (Å²) in [6.45, 7) is 16.8. The van der Waals surface area contributed by atoms with E-state index in [9.17, 15) is 0 Å². The summed E-state index contributed by atoms with van der Waals surface area (Å²) >= 11 is 0. The van der Waals surface area contributed by atoms with Crippen molar-refractivity contribution in [3.05, 3.63) is 251 Å². The summed E-state index contributed by atoms with van der Waals surface area (Å²) < 4.78 is 16.5. The number of fused-ring (bicyclic) bond motifs is 22. The van der Waals surface area contributed by atoms with E-state index in [1.165, 1.54) is 110 Å². The van der Waals surface area contributed by atoms with Crippen molar-refractivity contribution in [1.82, 2.24) is 4.57 Å². The van der Waals surface area contributed by atoms with Gasteiger partial charge in [-0.1, -0.05) is 181 Å². The average Bonchev–Trinajstić information content (AvgIpc) is 4.47. The Hall–Kier alpha value is -9.38. The molecule has 0 amide bonds. The Morgan fingerprint density at radius 2 is 0.863 bits per heavy atom. The molecule has 3 aliphatic rings. The number of nitrogens with zero attached hydrogens (tertiary/aromatic N) is 2. The van der Waals surface area contributed by atoms with Crippen LogP contribution in [0.25, 0.3) is 116 Å². The molecular formula is C76H56N2O2. The van der Waals surface area contributed by atoms with Crippen molar-refractivity contribution in [3.63, 3.8) is 0 Å². The van der Waals surface area contributed by atoms with Gasteiger partial charge in [0, 0.05) is 82.4 Å². The van der Waals surface area contributed by atoms with Crippen molar-refractivity contribution in [2.75, 3.05) is 4.90 Å². The van der Waals surface area contributed by atoms with Gasteiger partial charge in [-0.05, 0) is 152 Å². The fourth-order valence-electron chi connectivity index (χ4n) is 15.4. The van der Waals surface area contributed by atoms with Gasteiger partial charge in [-0.15, -0.1) is 0 Å². The van der Waals surface area contributed by atoms with E-state index >= 15 is 0 Å². The van der Waals surface area contributed by atoms with E-state index in [0.717, 1.165) is 61.5 Å². The molecule has 4 heteroatoms. The lowest BCUT2D eigenvalue weighted by Crippen LogP contribution is -2.24. The van der Waals surface area contributed by atoms with Gasteiger partial charge in [0.15, 0.2) is 0 Å². The van der Waals surface area contributed by atoms with E-state index in [0.29, 0.717) is 0 Å². The maximum atomic E-state index is 7.14. The molecule has 0 radical (unpaired) electrons. The lowest BCUT2D eigenvalue weighted by atomic mass is 9.72. The van der Waals surface area contributed by atoms with Gasteiger partial charge in [0.05, 0.1) is 11.0 Å². The van der Waals surface area contributed by atoms with Crippen molar-refractivity contribution < 1.29 is 8.83 Å². The number of anilines is 3. The highest BCUT2D eigenvalue weighted by atomic mass is 16.3. The van der Waals surface area contributed by atoms with Crippen LogP contribution in [0.15, 0.2) is 221 Å². The highest BCUT2D eigenvalue weighted by Crippen LogP contribution is 2.64. The number of hydrogen-bond donors (Lipinski definition) is 0. The minimum absolute atomic E-state index is 0.243. The van der Waals surface area contributed by atoms with Crippen LogP contribution in [0, 0.1) is 6.92 Å². The zero-order chi connectivity index (χ0) is 53.7. The topological polar surface area (TPSA) is 34.5 Å². The standard InChI is InChI=1S/C76H56N2O2/c1-43-21-11-12-24-48(43)56-42-60-65(67-54-27-15-19-31-63(54)79-72(56)67)52-37-34-45(39-58(52)74(60,2)3)77(47-33-36-50-49-25-14-18-30-61(49)78(62(50)41-47)44-22-9-8-10-23-44)46-35-38-53-59(40-46)76(6,7)71-69(53)73-68(55-28-16-20-32-64(55)80-73)66-51-26-13-17-29-57(51)75(4,5)70(66)71/h8-42H,1-7H3. The molecule has 11 aromatic carbocycles. The third-order valence-corrected chi connectivity index (χ3v) is 19.0. The SMILES string of the molecule is Cc1ccccc1-c1cc2c(c3c1oc1ccccc13)-c1ccc(N(c3ccc4c(c3)C(C)(C)c3c5c(c6c(oc7ccccc76)c3-4)-c3ccccc3C5(C)C)c3ccc4c5ccccc5n(-c5ccccc5)c4c3)cc1C2(C)C. The minimum Gasteiger partial charge on any atom is -0.455 e. The molecule has 0 saturated heterocycles. The molecule has 3 aliphatic carbocycles. The average molecular weight is 1030 g/mol. The van der Waals surface area contributed by atoms with Gasteiger partial charge in [-0.2, -0.15) is 0 Å². The molecule has 0 N–H and O–H groups in total. The lowest BCUT2D eigenvalue weighted by Gasteiger charge is -2.32. The summed E-state index contributed by atoms with van der Waals surface area (Å²) in [7, 11) is 0. The Balaban J connectivity index is 0.921. The molecule has 3 heterocycles. The summed E-state index contributed by atoms with van der Waals surface area (Å²) in [5.41, 5.74) is 28.7. The first-order chi connectivity index (χ1) is 38.9. The van der Waals surface area contributed by atoms with Crippen LogP contribution in [0.5, 0.6) is 0 Å². The normalized spacial score (nSPS) is 15.0. The summed E-state index contributed by atoms with van der Waals surface area (Å²) in [6.07, 6.45) is 0. The van der Waals surface area contributed by atoms with Crippen molar-refractivity contribution in [1.29, 1.82) is 0 Å². The fraction of sp³-hybridized carbons (Fsp3) is 0.132. The Kier molecular flexibility index (Phi) is 8.94. The number of furan rings is 2. The predicted molar refractivity (Wildman–Crippen MR) is 333 cm³/mol. The number of aryl methyl sites for hydroxylation is 1. The third-order valence-electron chi connectivity index (χ3n) is 19.0.